The molecule has 0 atom stereocenters. The molecule has 5 heteroatoms. The molecule has 0 fully saturated rings. The number of carbonyl (C=O) groups excluding carboxylic acids is 1. The lowest BCUT2D eigenvalue weighted by Crippen LogP contribution is -2.08. The predicted molar refractivity (Wildman–Crippen MR) is 95.6 cm³/mol. The number of ether oxygens (including phenoxy) is 2. The first-order chi connectivity index (χ1) is 12.2. The molecule has 126 valence electrons. The standard InChI is InChI=1S/C20H16ClNO3/c21-17-8-6-16(7-9-17)13-24-19-10-11-22-12-18(19)20(23)25-14-15-4-2-1-3-5-15/h1-12H,13-14H2. The van der Waals surface area contributed by atoms with E-state index in [-0.39, 0.29) is 6.61 Å². The lowest BCUT2D eigenvalue weighted by atomic mass is 10.2. The molecule has 3 aromatic rings. The first kappa shape index (κ1) is 17.0. The van der Waals surface area contributed by atoms with Gasteiger partial charge in [-0.1, -0.05) is 54.1 Å². The van der Waals surface area contributed by atoms with Crippen molar-refractivity contribution in [3.8, 4) is 5.75 Å². The van der Waals surface area contributed by atoms with Gasteiger partial charge >= 0.3 is 5.97 Å². The van der Waals surface area contributed by atoms with Crippen LogP contribution < -0.4 is 4.74 Å². The van der Waals surface area contributed by atoms with Crippen molar-refractivity contribution in [1.82, 2.24) is 4.98 Å². The Kier molecular flexibility index (Phi) is 5.65. The normalized spacial score (nSPS) is 10.3. The van der Waals surface area contributed by atoms with E-state index in [1.54, 1.807) is 24.4 Å². The number of pyridine rings is 1. The summed E-state index contributed by atoms with van der Waals surface area (Å²) in [5.74, 6) is -0.0360. The maximum Gasteiger partial charge on any atom is 0.343 e. The van der Waals surface area contributed by atoms with Crippen molar-refractivity contribution in [3.05, 3.63) is 94.8 Å². The Balaban J connectivity index is 1.65. The second-order valence-electron chi connectivity index (χ2n) is 5.35. The van der Waals surface area contributed by atoms with Gasteiger partial charge in [-0.3, -0.25) is 4.98 Å². The molecular weight excluding hydrogens is 338 g/mol. The second kappa shape index (κ2) is 8.31. The van der Waals surface area contributed by atoms with Crippen LogP contribution in [0, 0.1) is 0 Å². The largest absolute Gasteiger partial charge is 0.488 e. The van der Waals surface area contributed by atoms with Crippen molar-refractivity contribution in [2.24, 2.45) is 0 Å². The molecule has 0 N–H and O–H groups in total. The van der Waals surface area contributed by atoms with Crippen molar-refractivity contribution in [2.75, 3.05) is 0 Å². The molecule has 0 aliphatic rings. The van der Waals surface area contributed by atoms with Gasteiger partial charge in [0.1, 0.15) is 24.5 Å². The molecule has 0 bridgehead atoms. The Bertz CT molecular complexity index is 835. The van der Waals surface area contributed by atoms with E-state index in [1.807, 2.05) is 42.5 Å². The van der Waals surface area contributed by atoms with Crippen molar-refractivity contribution in [1.29, 1.82) is 0 Å². The average molecular weight is 354 g/mol. The Hall–Kier alpha value is -2.85. The highest BCUT2D eigenvalue weighted by Gasteiger charge is 2.14. The fourth-order valence-corrected chi connectivity index (χ4v) is 2.33. The molecule has 0 aliphatic carbocycles. The lowest BCUT2D eigenvalue weighted by molar-refractivity contribution is 0.0467. The molecule has 0 aliphatic heterocycles. The summed E-state index contributed by atoms with van der Waals surface area (Å²) >= 11 is 5.87. The second-order valence-corrected chi connectivity index (χ2v) is 5.79. The first-order valence-corrected chi connectivity index (χ1v) is 8.12. The summed E-state index contributed by atoms with van der Waals surface area (Å²) in [5.41, 5.74) is 2.17. The quantitative estimate of drug-likeness (QED) is 0.604. The molecular formula is C20H16ClNO3. The zero-order valence-corrected chi connectivity index (χ0v) is 14.1. The van der Waals surface area contributed by atoms with Crippen LogP contribution in [0.15, 0.2) is 73.1 Å². The van der Waals surface area contributed by atoms with Crippen LogP contribution in [0.4, 0.5) is 0 Å². The Morgan fingerprint density at radius 3 is 2.40 bits per heavy atom. The van der Waals surface area contributed by atoms with Gasteiger partial charge in [0.15, 0.2) is 0 Å². The number of esters is 1. The van der Waals surface area contributed by atoms with E-state index in [2.05, 4.69) is 4.98 Å². The smallest absolute Gasteiger partial charge is 0.343 e. The fraction of sp³-hybridized carbons (Fsp3) is 0.100. The van der Waals surface area contributed by atoms with Crippen molar-refractivity contribution in [3.63, 3.8) is 0 Å². The molecule has 0 saturated carbocycles. The number of hydrogen-bond donors (Lipinski definition) is 0. The molecule has 4 nitrogen and oxygen atoms in total. The van der Waals surface area contributed by atoms with Crippen LogP contribution in [-0.2, 0) is 18.0 Å². The van der Waals surface area contributed by atoms with Crippen molar-refractivity contribution in [2.45, 2.75) is 13.2 Å². The fourth-order valence-electron chi connectivity index (χ4n) is 2.20. The van der Waals surface area contributed by atoms with Gasteiger partial charge in [-0.25, -0.2) is 4.79 Å². The molecule has 0 radical (unpaired) electrons. The minimum atomic E-state index is -0.469. The zero-order valence-electron chi connectivity index (χ0n) is 13.4. The monoisotopic (exact) mass is 353 g/mol. The van der Waals surface area contributed by atoms with Crippen molar-refractivity contribution >= 4 is 17.6 Å². The lowest BCUT2D eigenvalue weighted by Gasteiger charge is -2.11. The molecule has 2 aromatic carbocycles. The van der Waals surface area contributed by atoms with Gasteiger partial charge in [-0.05, 0) is 29.3 Å². The third-order valence-electron chi connectivity index (χ3n) is 3.52. The molecule has 0 saturated heterocycles. The molecule has 0 spiro atoms. The molecule has 1 heterocycles. The van der Waals surface area contributed by atoms with Crippen LogP contribution in [0.5, 0.6) is 5.75 Å². The summed E-state index contributed by atoms with van der Waals surface area (Å²) in [5, 5.41) is 0.665. The number of benzene rings is 2. The van der Waals surface area contributed by atoms with Crippen molar-refractivity contribution < 1.29 is 14.3 Å². The number of carbonyl (C=O) groups is 1. The van der Waals surface area contributed by atoms with E-state index in [1.165, 1.54) is 6.20 Å². The molecule has 3 rings (SSSR count). The zero-order chi connectivity index (χ0) is 17.5. The van der Waals surface area contributed by atoms with Gasteiger partial charge in [-0.2, -0.15) is 0 Å². The van der Waals surface area contributed by atoms with Gasteiger partial charge in [0.05, 0.1) is 0 Å². The number of aromatic nitrogens is 1. The maximum absolute atomic E-state index is 12.3. The van der Waals surface area contributed by atoms with E-state index < -0.39 is 5.97 Å². The summed E-state index contributed by atoms with van der Waals surface area (Å²) in [4.78, 5) is 16.3. The minimum absolute atomic E-state index is 0.200. The van der Waals surface area contributed by atoms with E-state index in [9.17, 15) is 4.79 Å². The highest BCUT2D eigenvalue weighted by atomic mass is 35.5. The number of rotatable bonds is 6. The summed E-state index contributed by atoms with van der Waals surface area (Å²) in [7, 11) is 0. The molecule has 0 unspecified atom stereocenters. The van der Waals surface area contributed by atoms with Crippen LogP contribution in [0.1, 0.15) is 21.5 Å². The van der Waals surface area contributed by atoms with Crippen LogP contribution in [-0.4, -0.2) is 11.0 Å². The Morgan fingerprint density at radius 1 is 0.920 bits per heavy atom. The summed E-state index contributed by atoms with van der Waals surface area (Å²) in [6, 6.07) is 18.5. The predicted octanol–water partition coefficient (Wildman–Crippen LogP) is 4.67. The topological polar surface area (TPSA) is 48.4 Å². The number of hydrogen-bond acceptors (Lipinski definition) is 4. The van der Waals surface area contributed by atoms with E-state index in [0.29, 0.717) is 22.9 Å². The van der Waals surface area contributed by atoms with E-state index >= 15 is 0 Å². The summed E-state index contributed by atoms with van der Waals surface area (Å²) < 4.78 is 11.1. The van der Waals surface area contributed by atoms with Gasteiger partial charge < -0.3 is 9.47 Å². The maximum atomic E-state index is 12.3. The minimum Gasteiger partial charge on any atom is -0.488 e. The van der Waals surface area contributed by atoms with Gasteiger partial charge in [0, 0.05) is 17.4 Å². The van der Waals surface area contributed by atoms with Crippen LogP contribution in [0.25, 0.3) is 0 Å². The Morgan fingerprint density at radius 2 is 1.64 bits per heavy atom. The van der Waals surface area contributed by atoms with E-state index in [0.717, 1.165) is 11.1 Å². The number of nitrogens with zero attached hydrogens (tertiary/aromatic N) is 1. The average Bonchev–Trinajstić information content (AvgIpc) is 2.67. The number of halogens is 1. The van der Waals surface area contributed by atoms with Gasteiger partial charge in [0.25, 0.3) is 0 Å². The van der Waals surface area contributed by atoms with Gasteiger partial charge in [-0.15, -0.1) is 0 Å². The summed E-state index contributed by atoms with van der Waals surface area (Å²) in [6.07, 6.45) is 3.02. The molecule has 0 amide bonds. The highest BCUT2D eigenvalue weighted by molar-refractivity contribution is 6.30. The third kappa shape index (κ3) is 4.81. The van der Waals surface area contributed by atoms with E-state index in [4.69, 9.17) is 21.1 Å². The summed E-state index contributed by atoms with van der Waals surface area (Å²) in [6.45, 7) is 0.519. The van der Waals surface area contributed by atoms with Crippen LogP contribution in [0.2, 0.25) is 5.02 Å². The SMILES string of the molecule is O=C(OCc1ccccc1)c1cnccc1OCc1ccc(Cl)cc1. The first-order valence-electron chi connectivity index (χ1n) is 7.74. The highest BCUT2D eigenvalue weighted by Crippen LogP contribution is 2.20. The van der Waals surface area contributed by atoms with Crippen LogP contribution >= 0.6 is 11.6 Å². The molecule has 25 heavy (non-hydrogen) atoms. The Labute approximate surface area is 151 Å². The van der Waals surface area contributed by atoms with Gasteiger partial charge in [0.2, 0.25) is 0 Å². The third-order valence-corrected chi connectivity index (χ3v) is 3.77. The molecule has 1 aromatic heterocycles. The van der Waals surface area contributed by atoms with Crippen LogP contribution in [0.3, 0.4) is 0 Å².